The summed E-state index contributed by atoms with van der Waals surface area (Å²) in [6.07, 6.45) is 0.922. The molecule has 0 aromatic heterocycles. The molecule has 0 saturated carbocycles. The van der Waals surface area contributed by atoms with Crippen molar-refractivity contribution in [3.8, 4) is 5.75 Å². The molecule has 1 rings (SSSR count). The number of ether oxygens (including phenoxy) is 1. The number of rotatable bonds is 4. The normalized spacial score (nSPS) is 9.80. The van der Waals surface area contributed by atoms with E-state index in [4.69, 9.17) is 4.74 Å². The van der Waals surface area contributed by atoms with E-state index in [1.807, 2.05) is 6.92 Å². The number of methoxy groups -OCH3 is 1. The summed E-state index contributed by atoms with van der Waals surface area (Å²) in [5.41, 5.74) is 0.652. The molecule has 1 amide bonds. The number of benzene rings is 1. The highest BCUT2D eigenvalue weighted by molar-refractivity contribution is 6.18. The maximum absolute atomic E-state index is 11.8. The monoisotopic (exact) mass is 220 g/mol. The second-order valence-corrected chi connectivity index (χ2v) is 3.73. The molecule has 3 radical (unpaired) electrons. The summed E-state index contributed by atoms with van der Waals surface area (Å²) in [7, 11) is 4.88. The zero-order valence-corrected chi connectivity index (χ0v) is 9.99. The van der Waals surface area contributed by atoms with Gasteiger partial charge in [0.1, 0.15) is 5.75 Å². The Bertz CT molecular complexity index is 324. The molecular weight excluding hydrogens is 206 g/mol. The van der Waals surface area contributed by atoms with E-state index in [1.165, 1.54) is 4.57 Å². The van der Waals surface area contributed by atoms with Crippen LogP contribution < -0.4 is 4.74 Å². The Labute approximate surface area is 93.5 Å². The van der Waals surface area contributed by atoms with Gasteiger partial charge in [-0.15, -0.1) is 0 Å². The van der Waals surface area contributed by atoms with Crippen molar-refractivity contribution in [2.75, 3.05) is 13.7 Å². The molecule has 1 aromatic carbocycles. The fourth-order valence-corrected chi connectivity index (χ4v) is 1.57. The van der Waals surface area contributed by atoms with Crippen LogP contribution in [0.15, 0.2) is 24.3 Å². The summed E-state index contributed by atoms with van der Waals surface area (Å²) in [5.74, 6) is 0.721. The molecule has 0 spiro atoms. The van der Waals surface area contributed by atoms with Crippen LogP contribution in [-0.2, 0) is 0 Å². The van der Waals surface area contributed by atoms with Crippen molar-refractivity contribution in [2.45, 2.75) is 13.3 Å². The van der Waals surface area contributed by atoms with Gasteiger partial charge in [-0.1, -0.05) is 6.92 Å². The highest BCUT2D eigenvalue weighted by atomic mass is 28.2. The SMILES string of the molecule is CCCN([Si])C(=O)c1ccc(OC)cc1. The molecule has 0 heterocycles. The van der Waals surface area contributed by atoms with Gasteiger partial charge in [0.15, 0.2) is 10.4 Å². The van der Waals surface area contributed by atoms with Crippen LogP contribution in [-0.4, -0.2) is 34.5 Å². The first-order valence-corrected chi connectivity index (χ1v) is 5.31. The highest BCUT2D eigenvalue weighted by Gasteiger charge is 2.10. The van der Waals surface area contributed by atoms with Gasteiger partial charge in [-0.25, -0.2) is 0 Å². The van der Waals surface area contributed by atoms with Crippen molar-refractivity contribution in [3.63, 3.8) is 0 Å². The molecule has 0 aliphatic rings. The Hall–Kier alpha value is -1.29. The van der Waals surface area contributed by atoms with Crippen molar-refractivity contribution in [1.82, 2.24) is 4.57 Å². The molecule has 79 valence electrons. The topological polar surface area (TPSA) is 29.5 Å². The zero-order valence-electron chi connectivity index (χ0n) is 8.99. The maximum atomic E-state index is 11.8. The fraction of sp³-hybridized carbons (Fsp3) is 0.364. The average molecular weight is 220 g/mol. The standard InChI is InChI=1S/C11H14NO2Si/c1-3-8-12(15)11(13)9-4-6-10(14-2)7-5-9/h4-7H,3,8H2,1-2H3. The van der Waals surface area contributed by atoms with Crippen LogP contribution in [0.3, 0.4) is 0 Å². The summed E-state index contributed by atoms with van der Waals surface area (Å²) < 4.78 is 6.55. The van der Waals surface area contributed by atoms with E-state index < -0.39 is 0 Å². The Morgan fingerprint density at radius 3 is 2.47 bits per heavy atom. The Morgan fingerprint density at radius 1 is 1.40 bits per heavy atom. The largest absolute Gasteiger partial charge is 0.497 e. The van der Waals surface area contributed by atoms with Gasteiger partial charge in [0.25, 0.3) is 0 Å². The van der Waals surface area contributed by atoms with E-state index in [0.717, 1.165) is 12.2 Å². The number of nitrogens with zero attached hydrogens (tertiary/aromatic N) is 1. The highest BCUT2D eigenvalue weighted by Crippen LogP contribution is 2.12. The van der Waals surface area contributed by atoms with Crippen LogP contribution in [0, 0.1) is 0 Å². The van der Waals surface area contributed by atoms with Gasteiger partial charge < -0.3 is 9.30 Å². The molecule has 3 nitrogen and oxygen atoms in total. The molecule has 0 unspecified atom stereocenters. The van der Waals surface area contributed by atoms with Crippen molar-refractivity contribution >= 4 is 16.3 Å². The van der Waals surface area contributed by atoms with Crippen molar-refractivity contribution in [1.29, 1.82) is 0 Å². The quantitative estimate of drug-likeness (QED) is 0.722. The number of carbonyl (C=O) groups is 1. The summed E-state index contributed by atoms with van der Waals surface area (Å²) in [5, 5.41) is 0. The van der Waals surface area contributed by atoms with E-state index >= 15 is 0 Å². The molecule has 15 heavy (non-hydrogen) atoms. The smallest absolute Gasteiger partial charge is 0.245 e. The van der Waals surface area contributed by atoms with E-state index in [-0.39, 0.29) is 5.91 Å². The minimum absolute atomic E-state index is 0.0313. The maximum Gasteiger partial charge on any atom is 0.245 e. The van der Waals surface area contributed by atoms with E-state index in [0.29, 0.717) is 12.1 Å². The molecule has 0 fully saturated rings. The molecule has 0 atom stereocenters. The minimum Gasteiger partial charge on any atom is -0.497 e. The molecule has 0 aliphatic carbocycles. The zero-order chi connectivity index (χ0) is 11.3. The van der Waals surface area contributed by atoms with E-state index in [2.05, 4.69) is 10.4 Å². The van der Waals surface area contributed by atoms with Crippen LogP contribution in [0.1, 0.15) is 23.7 Å². The van der Waals surface area contributed by atoms with Gasteiger partial charge in [-0.05, 0) is 30.7 Å². The van der Waals surface area contributed by atoms with Gasteiger partial charge in [-0.3, -0.25) is 4.79 Å². The average Bonchev–Trinajstić information content (AvgIpc) is 2.28. The predicted octanol–water partition coefficient (Wildman–Crippen LogP) is 1.63. The lowest BCUT2D eigenvalue weighted by atomic mass is 10.2. The number of hydrogen-bond donors (Lipinski definition) is 0. The molecular formula is C11H14NO2Si. The Kier molecular flexibility index (Phi) is 4.36. The van der Waals surface area contributed by atoms with E-state index in [1.54, 1.807) is 31.4 Å². The lowest BCUT2D eigenvalue weighted by Gasteiger charge is -2.15. The van der Waals surface area contributed by atoms with Crippen LogP contribution in [0.5, 0.6) is 5.75 Å². The third kappa shape index (κ3) is 3.09. The molecule has 0 aliphatic heterocycles. The van der Waals surface area contributed by atoms with Gasteiger partial charge in [0.2, 0.25) is 5.91 Å². The Balaban J connectivity index is 2.73. The fourth-order valence-electron chi connectivity index (χ4n) is 1.21. The Morgan fingerprint density at radius 2 is 2.00 bits per heavy atom. The molecule has 0 N–H and O–H groups in total. The van der Waals surface area contributed by atoms with Gasteiger partial charge in [0.05, 0.1) is 7.11 Å². The summed E-state index contributed by atoms with van der Waals surface area (Å²) in [6, 6.07) is 7.06. The summed E-state index contributed by atoms with van der Waals surface area (Å²) >= 11 is 0. The van der Waals surface area contributed by atoms with Crippen LogP contribution in [0.25, 0.3) is 0 Å². The number of hydrogen-bond acceptors (Lipinski definition) is 2. The van der Waals surface area contributed by atoms with Gasteiger partial charge >= 0.3 is 0 Å². The van der Waals surface area contributed by atoms with Crippen LogP contribution >= 0.6 is 0 Å². The second kappa shape index (κ2) is 5.55. The van der Waals surface area contributed by atoms with Crippen LogP contribution in [0.2, 0.25) is 0 Å². The van der Waals surface area contributed by atoms with Crippen molar-refractivity contribution < 1.29 is 9.53 Å². The summed E-state index contributed by atoms with van der Waals surface area (Å²) in [6.45, 7) is 2.72. The minimum atomic E-state index is -0.0313. The lowest BCUT2D eigenvalue weighted by Crippen LogP contribution is -2.28. The molecule has 0 saturated heterocycles. The van der Waals surface area contributed by atoms with Crippen molar-refractivity contribution in [2.24, 2.45) is 0 Å². The van der Waals surface area contributed by atoms with Crippen LogP contribution in [0.4, 0.5) is 0 Å². The first kappa shape index (κ1) is 11.8. The number of amides is 1. The molecule has 1 aromatic rings. The van der Waals surface area contributed by atoms with E-state index in [9.17, 15) is 4.79 Å². The second-order valence-electron chi connectivity index (χ2n) is 3.19. The molecule has 0 bridgehead atoms. The van der Waals surface area contributed by atoms with Crippen molar-refractivity contribution in [3.05, 3.63) is 29.8 Å². The summed E-state index contributed by atoms with van der Waals surface area (Å²) in [4.78, 5) is 11.8. The van der Waals surface area contributed by atoms with Gasteiger partial charge in [-0.2, -0.15) is 0 Å². The predicted molar refractivity (Wildman–Crippen MR) is 60.1 cm³/mol. The third-order valence-corrected chi connectivity index (χ3v) is 2.46. The lowest BCUT2D eigenvalue weighted by molar-refractivity contribution is 0.0863. The third-order valence-electron chi connectivity index (χ3n) is 2.03. The number of carbonyl (C=O) groups excluding carboxylic acids is 1. The molecule has 4 heteroatoms. The first-order chi connectivity index (χ1) is 7.19. The first-order valence-electron chi connectivity index (χ1n) is 4.86. The van der Waals surface area contributed by atoms with Gasteiger partial charge in [0, 0.05) is 12.1 Å².